The first-order valence-electron chi connectivity index (χ1n) is 7.98. The predicted octanol–water partition coefficient (Wildman–Crippen LogP) is 4.59. The number of oxazole rings is 1. The van der Waals surface area contributed by atoms with Crippen molar-refractivity contribution >= 4 is 33.3 Å². The first kappa shape index (κ1) is 16.8. The zero-order chi connectivity index (χ0) is 17.9. The fraction of sp³-hybridized carbons (Fsp3) is 0.105. The molecular formula is C19H15N3O2S2. The van der Waals surface area contributed by atoms with E-state index < -0.39 is 0 Å². The Hall–Kier alpha value is -2.64. The van der Waals surface area contributed by atoms with Gasteiger partial charge in [0.15, 0.2) is 10.9 Å². The third kappa shape index (κ3) is 3.23. The zero-order valence-electron chi connectivity index (χ0n) is 13.8. The lowest BCUT2D eigenvalue weighted by molar-refractivity contribution is 0.529. The summed E-state index contributed by atoms with van der Waals surface area (Å²) in [5.74, 6) is 1.82. The second kappa shape index (κ2) is 7.31. The first-order chi connectivity index (χ1) is 12.8. The molecule has 0 fully saturated rings. The highest BCUT2D eigenvalue weighted by Gasteiger charge is 2.13. The number of thiophene rings is 1. The summed E-state index contributed by atoms with van der Waals surface area (Å²) in [5, 5.41) is 3.17. The highest BCUT2D eigenvalue weighted by Crippen LogP contribution is 2.26. The molecule has 4 rings (SSSR count). The third-order valence-electron chi connectivity index (χ3n) is 3.80. The first-order valence-corrected chi connectivity index (χ1v) is 9.84. The maximum atomic E-state index is 12.6. The van der Waals surface area contributed by atoms with Gasteiger partial charge in [0, 0.05) is 12.1 Å². The molecule has 0 aliphatic carbocycles. The van der Waals surface area contributed by atoms with Crippen LogP contribution in [-0.2, 0) is 12.3 Å². The van der Waals surface area contributed by atoms with Gasteiger partial charge in [-0.2, -0.15) is 0 Å². The topological polar surface area (TPSA) is 60.9 Å². The standard InChI is InChI=1S/C19H15N3O2S2/c1-2-9-22-18(23)14-8-10-25-17(14)21-19(22)26-12-16-20-11-15(24-16)13-6-4-3-5-7-13/h2-8,10-11H,1,9,12H2. The number of thioether (sulfide) groups is 1. The molecule has 26 heavy (non-hydrogen) atoms. The van der Waals surface area contributed by atoms with E-state index in [1.54, 1.807) is 16.8 Å². The van der Waals surface area contributed by atoms with Gasteiger partial charge in [-0.3, -0.25) is 9.36 Å². The number of hydrogen-bond donors (Lipinski definition) is 0. The van der Waals surface area contributed by atoms with E-state index in [0.29, 0.717) is 28.7 Å². The Bertz CT molecular complexity index is 1110. The summed E-state index contributed by atoms with van der Waals surface area (Å²) in [4.78, 5) is 22.3. The highest BCUT2D eigenvalue weighted by molar-refractivity contribution is 7.98. The van der Waals surface area contributed by atoms with Crippen molar-refractivity contribution in [3.63, 3.8) is 0 Å². The predicted molar refractivity (Wildman–Crippen MR) is 106 cm³/mol. The number of nitrogens with zero attached hydrogens (tertiary/aromatic N) is 3. The van der Waals surface area contributed by atoms with Gasteiger partial charge in [0.1, 0.15) is 4.83 Å². The van der Waals surface area contributed by atoms with Gasteiger partial charge < -0.3 is 4.42 Å². The number of allylic oxidation sites excluding steroid dienone is 1. The molecule has 0 aliphatic rings. The molecule has 0 spiro atoms. The van der Waals surface area contributed by atoms with Crippen molar-refractivity contribution < 1.29 is 4.42 Å². The van der Waals surface area contributed by atoms with Crippen LogP contribution in [0.15, 0.2) is 75.0 Å². The van der Waals surface area contributed by atoms with E-state index in [0.717, 1.165) is 16.2 Å². The average Bonchev–Trinajstić information content (AvgIpc) is 3.33. The molecule has 0 atom stereocenters. The van der Waals surface area contributed by atoms with Gasteiger partial charge in [-0.15, -0.1) is 17.9 Å². The van der Waals surface area contributed by atoms with Crippen LogP contribution in [0.3, 0.4) is 0 Å². The Balaban J connectivity index is 1.60. The van der Waals surface area contributed by atoms with E-state index in [4.69, 9.17) is 4.42 Å². The summed E-state index contributed by atoms with van der Waals surface area (Å²) in [6.45, 7) is 4.15. The normalized spacial score (nSPS) is 11.1. The van der Waals surface area contributed by atoms with Crippen LogP contribution in [0.4, 0.5) is 0 Å². The van der Waals surface area contributed by atoms with E-state index in [1.165, 1.54) is 23.1 Å². The molecule has 0 bridgehead atoms. The van der Waals surface area contributed by atoms with E-state index >= 15 is 0 Å². The van der Waals surface area contributed by atoms with Crippen LogP contribution in [0.1, 0.15) is 5.89 Å². The highest BCUT2D eigenvalue weighted by atomic mass is 32.2. The van der Waals surface area contributed by atoms with Crippen LogP contribution in [0.2, 0.25) is 0 Å². The fourth-order valence-electron chi connectivity index (χ4n) is 2.57. The van der Waals surface area contributed by atoms with E-state index in [9.17, 15) is 4.79 Å². The largest absolute Gasteiger partial charge is 0.440 e. The lowest BCUT2D eigenvalue weighted by atomic mass is 10.2. The van der Waals surface area contributed by atoms with Crippen molar-refractivity contribution in [2.45, 2.75) is 17.5 Å². The molecule has 3 aromatic heterocycles. The minimum absolute atomic E-state index is 0.0453. The Morgan fingerprint density at radius 1 is 1.27 bits per heavy atom. The average molecular weight is 381 g/mol. The SMILES string of the molecule is C=CCn1c(SCc2ncc(-c3ccccc3)o2)nc2sccc2c1=O. The number of aromatic nitrogens is 3. The number of benzene rings is 1. The Labute approximate surface area is 158 Å². The molecule has 0 amide bonds. The van der Waals surface area contributed by atoms with Crippen molar-refractivity contribution in [2.75, 3.05) is 0 Å². The summed E-state index contributed by atoms with van der Waals surface area (Å²) in [6, 6.07) is 11.6. The Morgan fingerprint density at radius 3 is 2.92 bits per heavy atom. The molecule has 0 saturated carbocycles. The molecule has 0 saturated heterocycles. The lowest BCUT2D eigenvalue weighted by Crippen LogP contribution is -2.22. The van der Waals surface area contributed by atoms with Gasteiger partial charge >= 0.3 is 0 Å². The quantitative estimate of drug-likeness (QED) is 0.278. The molecule has 4 aromatic rings. The van der Waals surface area contributed by atoms with Crippen LogP contribution in [-0.4, -0.2) is 14.5 Å². The third-order valence-corrected chi connectivity index (χ3v) is 5.56. The van der Waals surface area contributed by atoms with Gasteiger partial charge in [-0.25, -0.2) is 9.97 Å². The second-order valence-corrected chi connectivity index (χ2v) is 7.35. The van der Waals surface area contributed by atoms with Crippen molar-refractivity contribution in [3.05, 3.63) is 76.9 Å². The smallest absolute Gasteiger partial charge is 0.263 e. The van der Waals surface area contributed by atoms with E-state index in [2.05, 4.69) is 16.5 Å². The summed E-state index contributed by atoms with van der Waals surface area (Å²) in [7, 11) is 0. The molecule has 0 aliphatic heterocycles. The maximum Gasteiger partial charge on any atom is 0.263 e. The molecular weight excluding hydrogens is 366 g/mol. The van der Waals surface area contributed by atoms with Crippen LogP contribution < -0.4 is 5.56 Å². The lowest BCUT2D eigenvalue weighted by Gasteiger charge is -2.08. The van der Waals surface area contributed by atoms with E-state index in [-0.39, 0.29) is 5.56 Å². The summed E-state index contributed by atoms with van der Waals surface area (Å²) >= 11 is 2.90. The molecule has 0 N–H and O–H groups in total. The molecule has 0 unspecified atom stereocenters. The summed E-state index contributed by atoms with van der Waals surface area (Å²) in [5.41, 5.74) is 0.939. The van der Waals surface area contributed by atoms with Gasteiger partial charge in [-0.1, -0.05) is 48.2 Å². The minimum Gasteiger partial charge on any atom is -0.440 e. The van der Waals surface area contributed by atoms with Crippen LogP contribution in [0, 0.1) is 0 Å². The monoisotopic (exact) mass is 381 g/mol. The minimum atomic E-state index is -0.0453. The van der Waals surface area contributed by atoms with Gasteiger partial charge in [0.05, 0.1) is 17.3 Å². The van der Waals surface area contributed by atoms with Crippen molar-refractivity contribution in [1.82, 2.24) is 14.5 Å². The molecule has 5 nitrogen and oxygen atoms in total. The van der Waals surface area contributed by atoms with Gasteiger partial charge in [-0.05, 0) is 11.4 Å². The van der Waals surface area contributed by atoms with Crippen molar-refractivity contribution in [2.24, 2.45) is 0 Å². The zero-order valence-corrected chi connectivity index (χ0v) is 15.4. The second-order valence-electron chi connectivity index (χ2n) is 5.51. The number of fused-ring (bicyclic) bond motifs is 1. The maximum absolute atomic E-state index is 12.6. The molecule has 1 aromatic carbocycles. The van der Waals surface area contributed by atoms with Gasteiger partial charge in [0.25, 0.3) is 5.56 Å². The molecule has 7 heteroatoms. The molecule has 130 valence electrons. The number of rotatable bonds is 6. The van der Waals surface area contributed by atoms with Crippen molar-refractivity contribution in [1.29, 1.82) is 0 Å². The van der Waals surface area contributed by atoms with Crippen molar-refractivity contribution in [3.8, 4) is 11.3 Å². The van der Waals surface area contributed by atoms with Crippen LogP contribution in [0.5, 0.6) is 0 Å². The Morgan fingerprint density at radius 2 is 2.12 bits per heavy atom. The van der Waals surface area contributed by atoms with E-state index in [1.807, 2.05) is 41.8 Å². The summed E-state index contributed by atoms with van der Waals surface area (Å²) < 4.78 is 7.46. The van der Waals surface area contributed by atoms with Crippen LogP contribution in [0.25, 0.3) is 21.5 Å². The van der Waals surface area contributed by atoms with Gasteiger partial charge in [0.2, 0.25) is 5.89 Å². The number of hydrogen-bond acceptors (Lipinski definition) is 6. The van der Waals surface area contributed by atoms with Crippen LogP contribution >= 0.6 is 23.1 Å². The molecule has 3 heterocycles. The summed E-state index contributed by atoms with van der Waals surface area (Å²) in [6.07, 6.45) is 3.42. The fourth-order valence-corrected chi connectivity index (χ4v) is 4.24. The Kier molecular flexibility index (Phi) is 4.73. The molecule has 0 radical (unpaired) electrons.